The third-order valence-corrected chi connectivity index (χ3v) is 4.62. The van der Waals surface area contributed by atoms with Crippen molar-refractivity contribution >= 4 is 11.8 Å². The average molecular weight is 250 g/mol. The zero-order chi connectivity index (χ0) is 12.5. The molecule has 1 nitrogen and oxygen atoms in total. The van der Waals surface area contributed by atoms with Crippen molar-refractivity contribution in [2.45, 2.75) is 44.0 Å². The Balaban J connectivity index is 1.83. The fourth-order valence-electron chi connectivity index (χ4n) is 2.18. The normalized spacial score (nSPS) is 25.6. The molecule has 0 spiro atoms. The van der Waals surface area contributed by atoms with Crippen LogP contribution in [-0.2, 0) is 0 Å². The van der Waals surface area contributed by atoms with Gasteiger partial charge < -0.3 is 5.11 Å². The number of hydrogen-bond donors (Lipinski definition) is 1. The van der Waals surface area contributed by atoms with Crippen LogP contribution in [0.4, 0.5) is 0 Å². The standard InChI is InChI=1S/C15H22OS/c1-15(2,3)17-10-14(16)13-9-12(13)11-7-5-4-6-8-11/h4-8,12-14,16H,9-10H2,1-3H3. The fraction of sp³-hybridized carbons (Fsp3) is 0.600. The lowest BCUT2D eigenvalue weighted by atomic mass is 10.1. The van der Waals surface area contributed by atoms with Crippen molar-refractivity contribution in [1.82, 2.24) is 0 Å². The van der Waals surface area contributed by atoms with E-state index in [4.69, 9.17) is 0 Å². The van der Waals surface area contributed by atoms with Crippen LogP contribution in [0.3, 0.4) is 0 Å². The van der Waals surface area contributed by atoms with Crippen molar-refractivity contribution in [3.8, 4) is 0 Å². The minimum absolute atomic E-state index is 0.149. The lowest BCUT2D eigenvalue weighted by Crippen LogP contribution is -2.19. The number of aliphatic hydroxyl groups is 1. The maximum absolute atomic E-state index is 10.2. The molecule has 3 unspecified atom stereocenters. The number of rotatable bonds is 4. The quantitative estimate of drug-likeness (QED) is 0.879. The molecular formula is C15H22OS. The Bertz CT molecular complexity index is 355. The molecule has 0 heterocycles. The first-order chi connectivity index (χ1) is 7.97. The first-order valence-corrected chi connectivity index (χ1v) is 7.33. The highest BCUT2D eigenvalue weighted by atomic mass is 32.2. The van der Waals surface area contributed by atoms with E-state index < -0.39 is 0 Å². The molecule has 2 rings (SSSR count). The zero-order valence-electron chi connectivity index (χ0n) is 10.9. The number of thioether (sulfide) groups is 1. The molecule has 1 aliphatic carbocycles. The third-order valence-electron chi connectivity index (χ3n) is 3.25. The molecule has 1 aromatic rings. The van der Waals surface area contributed by atoms with Crippen molar-refractivity contribution in [3.63, 3.8) is 0 Å². The van der Waals surface area contributed by atoms with E-state index in [2.05, 4.69) is 45.0 Å². The van der Waals surface area contributed by atoms with Crippen LogP contribution < -0.4 is 0 Å². The van der Waals surface area contributed by atoms with Gasteiger partial charge in [-0.3, -0.25) is 0 Å². The van der Waals surface area contributed by atoms with Gasteiger partial charge in [0.1, 0.15) is 0 Å². The number of benzene rings is 1. The van der Waals surface area contributed by atoms with E-state index in [1.54, 1.807) is 0 Å². The number of aliphatic hydroxyl groups excluding tert-OH is 1. The highest BCUT2D eigenvalue weighted by Crippen LogP contribution is 2.50. The van der Waals surface area contributed by atoms with Gasteiger partial charge in [0.05, 0.1) is 6.10 Å². The second-order valence-electron chi connectivity index (χ2n) is 5.91. The van der Waals surface area contributed by atoms with E-state index in [-0.39, 0.29) is 10.9 Å². The van der Waals surface area contributed by atoms with Gasteiger partial charge in [0.15, 0.2) is 0 Å². The summed E-state index contributed by atoms with van der Waals surface area (Å²) in [4.78, 5) is 0. The van der Waals surface area contributed by atoms with Crippen molar-refractivity contribution < 1.29 is 5.11 Å². The second kappa shape index (κ2) is 5.03. The summed E-state index contributed by atoms with van der Waals surface area (Å²) in [5, 5.41) is 10.2. The highest BCUT2D eigenvalue weighted by molar-refractivity contribution is 8.00. The summed E-state index contributed by atoms with van der Waals surface area (Å²) in [7, 11) is 0. The lowest BCUT2D eigenvalue weighted by Gasteiger charge is -2.20. The van der Waals surface area contributed by atoms with E-state index in [0.717, 1.165) is 12.2 Å². The van der Waals surface area contributed by atoms with Crippen LogP contribution in [0, 0.1) is 5.92 Å². The van der Waals surface area contributed by atoms with E-state index in [0.29, 0.717) is 11.8 Å². The molecule has 1 aliphatic rings. The summed E-state index contributed by atoms with van der Waals surface area (Å²) in [5.41, 5.74) is 1.39. The summed E-state index contributed by atoms with van der Waals surface area (Å²) in [6.45, 7) is 6.60. The molecule has 1 fully saturated rings. The molecule has 0 saturated heterocycles. The van der Waals surface area contributed by atoms with Crippen molar-refractivity contribution in [2.24, 2.45) is 5.92 Å². The van der Waals surface area contributed by atoms with Gasteiger partial charge in [-0.1, -0.05) is 51.1 Å². The topological polar surface area (TPSA) is 20.2 Å². The zero-order valence-corrected chi connectivity index (χ0v) is 11.7. The Labute approximate surface area is 109 Å². The van der Waals surface area contributed by atoms with E-state index in [9.17, 15) is 5.11 Å². The van der Waals surface area contributed by atoms with Gasteiger partial charge in [0.25, 0.3) is 0 Å². The molecule has 1 saturated carbocycles. The Kier molecular flexibility index (Phi) is 3.84. The molecule has 1 N–H and O–H groups in total. The molecule has 2 heteroatoms. The van der Waals surface area contributed by atoms with Crippen LogP contribution in [-0.4, -0.2) is 21.7 Å². The van der Waals surface area contributed by atoms with Gasteiger partial charge in [0, 0.05) is 10.5 Å². The van der Waals surface area contributed by atoms with Crippen LogP contribution in [0.2, 0.25) is 0 Å². The van der Waals surface area contributed by atoms with Gasteiger partial charge in [-0.25, -0.2) is 0 Å². The van der Waals surface area contributed by atoms with Gasteiger partial charge in [-0.15, -0.1) is 0 Å². The Morgan fingerprint density at radius 3 is 2.53 bits per heavy atom. The van der Waals surface area contributed by atoms with Crippen LogP contribution in [0.1, 0.15) is 38.7 Å². The monoisotopic (exact) mass is 250 g/mol. The van der Waals surface area contributed by atoms with E-state index in [1.165, 1.54) is 5.56 Å². The summed E-state index contributed by atoms with van der Waals surface area (Å²) in [6.07, 6.45) is 1.00. The maximum Gasteiger partial charge on any atom is 0.0664 e. The van der Waals surface area contributed by atoms with Crippen molar-refractivity contribution in [3.05, 3.63) is 35.9 Å². The molecule has 0 aliphatic heterocycles. The molecule has 1 aromatic carbocycles. The molecule has 3 atom stereocenters. The second-order valence-corrected chi connectivity index (χ2v) is 7.75. The SMILES string of the molecule is CC(C)(C)SCC(O)C1CC1c1ccccc1. The molecule has 0 radical (unpaired) electrons. The minimum Gasteiger partial charge on any atom is -0.392 e. The fourth-order valence-corrected chi connectivity index (χ4v) is 3.10. The van der Waals surface area contributed by atoms with Gasteiger partial charge in [0.2, 0.25) is 0 Å². The summed E-state index contributed by atoms with van der Waals surface area (Å²) < 4.78 is 0.248. The molecule has 94 valence electrons. The van der Waals surface area contributed by atoms with Crippen LogP contribution >= 0.6 is 11.8 Å². The maximum atomic E-state index is 10.2. The molecule has 0 amide bonds. The lowest BCUT2D eigenvalue weighted by molar-refractivity contribution is 0.173. The largest absolute Gasteiger partial charge is 0.392 e. The summed E-state index contributed by atoms with van der Waals surface area (Å²) >= 11 is 1.86. The predicted molar refractivity (Wildman–Crippen MR) is 75.5 cm³/mol. The molecular weight excluding hydrogens is 228 g/mol. The van der Waals surface area contributed by atoms with Crippen molar-refractivity contribution in [2.75, 3.05) is 5.75 Å². The third kappa shape index (κ3) is 3.75. The Morgan fingerprint density at radius 2 is 1.94 bits per heavy atom. The smallest absolute Gasteiger partial charge is 0.0664 e. The molecule has 17 heavy (non-hydrogen) atoms. The van der Waals surface area contributed by atoms with Crippen LogP contribution in [0.25, 0.3) is 0 Å². The number of hydrogen-bond acceptors (Lipinski definition) is 2. The van der Waals surface area contributed by atoms with Gasteiger partial charge >= 0.3 is 0 Å². The molecule has 0 bridgehead atoms. The van der Waals surface area contributed by atoms with E-state index in [1.807, 2.05) is 17.8 Å². The van der Waals surface area contributed by atoms with E-state index >= 15 is 0 Å². The molecule has 0 aromatic heterocycles. The van der Waals surface area contributed by atoms with Crippen LogP contribution in [0.15, 0.2) is 30.3 Å². The minimum atomic E-state index is -0.149. The Hall–Kier alpha value is -0.470. The van der Waals surface area contributed by atoms with Gasteiger partial charge in [-0.2, -0.15) is 11.8 Å². The highest BCUT2D eigenvalue weighted by Gasteiger charge is 2.43. The van der Waals surface area contributed by atoms with Crippen LogP contribution in [0.5, 0.6) is 0 Å². The predicted octanol–water partition coefficient (Wildman–Crippen LogP) is 3.68. The van der Waals surface area contributed by atoms with Crippen molar-refractivity contribution in [1.29, 1.82) is 0 Å². The van der Waals surface area contributed by atoms with Gasteiger partial charge in [-0.05, 0) is 23.8 Å². The summed E-state index contributed by atoms with van der Waals surface area (Å²) in [6, 6.07) is 10.6. The average Bonchev–Trinajstić information content (AvgIpc) is 3.06. The first-order valence-electron chi connectivity index (χ1n) is 6.34. The summed E-state index contributed by atoms with van der Waals surface area (Å²) in [5.74, 6) is 1.93. The Morgan fingerprint density at radius 1 is 1.29 bits per heavy atom. The first kappa shape index (κ1) is 13.0.